The van der Waals surface area contributed by atoms with Crippen molar-refractivity contribution in [1.29, 1.82) is 0 Å². The summed E-state index contributed by atoms with van der Waals surface area (Å²) in [6.07, 6.45) is -0.570. The van der Waals surface area contributed by atoms with Crippen LogP contribution in [0.4, 0.5) is 29.3 Å². The number of amides is 2. The maximum absolute atomic E-state index is 13.0. The molecule has 0 saturated carbocycles. The number of hydrogen-bond donors (Lipinski definition) is 1. The summed E-state index contributed by atoms with van der Waals surface area (Å²) in [5.41, 5.74) is 3.49. The number of carbonyl (C=O) groups excluding carboxylic acids is 1. The third-order valence-corrected chi connectivity index (χ3v) is 5.01. The van der Waals surface area contributed by atoms with Crippen LogP contribution < -0.4 is 10.2 Å². The molecule has 1 N–H and O–H groups in total. The van der Waals surface area contributed by atoms with E-state index >= 15 is 0 Å². The van der Waals surface area contributed by atoms with Crippen molar-refractivity contribution in [2.24, 2.45) is 0 Å². The van der Waals surface area contributed by atoms with Gasteiger partial charge in [-0.1, -0.05) is 24.8 Å². The summed E-state index contributed by atoms with van der Waals surface area (Å²) in [6, 6.07) is 14.1. The largest absolute Gasteiger partial charge is 0.416 e. The molecule has 0 saturated heterocycles. The van der Waals surface area contributed by atoms with Gasteiger partial charge in [-0.3, -0.25) is 9.88 Å². The molecule has 1 aliphatic heterocycles. The number of rotatable bonds is 3. The number of alkyl halides is 3. The normalized spacial score (nSPS) is 13.1. The lowest BCUT2D eigenvalue weighted by molar-refractivity contribution is -0.137. The third kappa shape index (κ3) is 3.91. The first-order valence-electron chi connectivity index (χ1n) is 9.33. The first kappa shape index (κ1) is 19.7. The second kappa shape index (κ2) is 7.67. The van der Waals surface area contributed by atoms with Crippen LogP contribution in [0, 0.1) is 0 Å². The highest BCUT2D eigenvalue weighted by atomic mass is 19.4. The molecule has 3 aromatic rings. The SMILES string of the molecule is C=Cc1cc(-c2ccc(NC(=O)N3CCc4ccc(C(F)(F)F)cc43)cc2)ccn1. The topological polar surface area (TPSA) is 45.2 Å². The molecule has 2 heterocycles. The minimum Gasteiger partial charge on any atom is -0.308 e. The van der Waals surface area contributed by atoms with E-state index in [1.54, 1.807) is 24.4 Å². The highest BCUT2D eigenvalue weighted by Crippen LogP contribution is 2.36. The zero-order valence-electron chi connectivity index (χ0n) is 15.9. The van der Waals surface area contributed by atoms with E-state index in [0.717, 1.165) is 34.5 Å². The lowest BCUT2D eigenvalue weighted by Gasteiger charge is -2.19. The Morgan fingerprint density at radius 1 is 1.07 bits per heavy atom. The summed E-state index contributed by atoms with van der Waals surface area (Å²) in [6.45, 7) is 4.04. The number of aromatic nitrogens is 1. The predicted octanol–water partition coefficient (Wildman–Crippen LogP) is 6.01. The van der Waals surface area contributed by atoms with Crippen LogP contribution in [-0.2, 0) is 12.6 Å². The maximum atomic E-state index is 13.0. The van der Waals surface area contributed by atoms with Gasteiger partial charge in [-0.15, -0.1) is 0 Å². The standard InChI is InChI=1S/C23H18F3N3O/c1-2-19-13-17(9-11-27-19)15-4-7-20(8-5-15)28-22(30)29-12-10-16-3-6-18(14-21(16)29)23(24,25)26/h2-9,11,13-14H,1,10,12H2,(H,28,30). The van der Waals surface area contributed by atoms with Crippen LogP contribution in [0.25, 0.3) is 17.2 Å². The van der Waals surface area contributed by atoms with E-state index in [-0.39, 0.29) is 0 Å². The number of halogens is 3. The molecule has 0 fully saturated rings. The van der Waals surface area contributed by atoms with Crippen molar-refractivity contribution in [2.45, 2.75) is 12.6 Å². The van der Waals surface area contributed by atoms with Crippen molar-refractivity contribution in [3.63, 3.8) is 0 Å². The molecule has 1 aromatic heterocycles. The minimum atomic E-state index is -4.45. The summed E-state index contributed by atoms with van der Waals surface area (Å²) >= 11 is 0. The Bertz CT molecular complexity index is 1110. The van der Waals surface area contributed by atoms with Gasteiger partial charge in [0.1, 0.15) is 0 Å². The lowest BCUT2D eigenvalue weighted by Crippen LogP contribution is -2.33. The first-order chi connectivity index (χ1) is 14.3. The summed E-state index contributed by atoms with van der Waals surface area (Å²) in [7, 11) is 0. The van der Waals surface area contributed by atoms with Gasteiger partial charge in [0.2, 0.25) is 0 Å². The second-order valence-corrected chi connectivity index (χ2v) is 6.92. The van der Waals surface area contributed by atoms with Crippen molar-refractivity contribution >= 4 is 23.5 Å². The Kier molecular flexibility index (Phi) is 5.03. The van der Waals surface area contributed by atoms with E-state index in [1.165, 1.54) is 11.0 Å². The predicted molar refractivity (Wildman–Crippen MR) is 111 cm³/mol. The fourth-order valence-electron chi connectivity index (χ4n) is 3.44. The monoisotopic (exact) mass is 409 g/mol. The van der Waals surface area contributed by atoms with E-state index in [2.05, 4.69) is 16.9 Å². The van der Waals surface area contributed by atoms with Gasteiger partial charge in [0.05, 0.1) is 11.3 Å². The van der Waals surface area contributed by atoms with Crippen LogP contribution in [-0.4, -0.2) is 17.6 Å². The number of anilines is 2. The average Bonchev–Trinajstić information content (AvgIpc) is 3.17. The van der Waals surface area contributed by atoms with Crippen molar-refractivity contribution in [2.75, 3.05) is 16.8 Å². The molecule has 4 rings (SSSR count). The minimum absolute atomic E-state index is 0.299. The summed E-state index contributed by atoms with van der Waals surface area (Å²) in [5, 5.41) is 2.76. The fraction of sp³-hybridized carbons (Fsp3) is 0.130. The summed E-state index contributed by atoms with van der Waals surface area (Å²) in [5.74, 6) is 0. The zero-order valence-corrected chi connectivity index (χ0v) is 15.9. The highest BCUT2D eigenvalue weighted by Gasteiger charge is 2.33. The van der Waals surface area contributed by atoms with Crippen LogP contribution in [0.5, 0.6) is 0 Å². The van der Waals surface area contributed by atoms with Crippen LogP contribution in [0.3, 0.4) is 0 Å². The van der Waals surface area contributed by atoms with Gasteiger partial charge in [-0.25, -0.2) is 4.79 Å². The molecule has 0 atom stereocenters. The maximum Gasteiger partial charge on any atom is 0.416 e. The second-order valence-electron chi connectivity index (χ2n) is 6.92. The number of fused-ring (bicyclic) bond motifs is 1. The van der Waals surface area contributed by atoms with E-state index in [9.17, 15) is 18.0 Å². The van der Waals surface area contributed by atoms with E-state index < -0.39 is 17.8 Å². The number of urea groups is 1. The number of hydrogen-bond acceptors (Lipinski definition) is 2. The number of benzene rings is 2. The summed E-state index contributed by atoms with van der Waals surface area (Å²) < 4.78 is 39.1. The van der Waals surface area contributed by atoms with Crippen LogP contribution in [0.2, 0.25) is 0 Å². The van der Waals surface area contributed by atoms with Gasteiger partial charge in [0.15, 0.2) is 0 Å². The molecule has 1 aliphatic rings. The first-order valence-corrected chi connectivity index (χ1v) is 9.33. The van der Waals surface area contributed by atoms with Crippen molar-refractivity contribution < 1.29 is 18.0 Å². The van der Waals surface area contributed by atoms with Gasteiger partial charge in [0.25, 0.3) is 0 Å². The Morgan fingerprint density at radius 3 is 2.53 bits per heavy atom. The molecule has 7 heteroatoms. The highest BCUT2D eigenvalue weighted by molar-refractivity contribution is 6.03. The summed E-state index contributed by atoms with van der Waals surface area (Å²) in [4.78, 5) is 18.2. The molecule has 0 radical (unpaired) electrons. The molecular weight excluding hydrogens is 391 g/mol. The zero-order chi connectivity index (χ0) is 21.3. The number of nitrogens with zero attached hydrogens (tertiary/aromatic N) is 2. The van der Waals surface area contributed by atoms with Gasteiger partial charge in [-0.2, -0.15) is 13.2 Å². The number of nitrogens with one attached hydrogen (secondary N) is 1. The van der Waals surface area contributed by atoms with E-state index in [4.69, 9.17) is 0 Å². The van der Waals surface area contributed by atoms with Crippen molar-refractivity contribution in [1.82, 2.24) is 4.98 Å². The molecule has 2 amide bonds. The third-order valence-electron chi connectivity index (χ3n) is 5.01. The number of carbonyl (C=O) groups is 1. The van der Waals surface area contributed by atoms with Gasteiger partial charge in [-0.05, 0) is 65.6 Å². The Hall–Kier alpha value is -3.61. The van der Waals surface area contributed by atoms with E-state index in [0.29, 0.717) is 24.3 Å². The molecule has 152 valence electrons. The quantitative estimate of drug-likeness (QED) is 0.576. The Labute approximate surface area is 171 Å². The van der Waals surface area contributed by atoms with Gasteiger partial charge in [0, 0.05) is 24.1 Å². The molecule has 0 bridgehead atoms. The molecule has 4 nitrogen and oxygen atoms in total. The van der Waals surface area contributed by atoms with Gasteiger partial charge < -0.3 is 5.32 Å². The Balaban J connectivity index is 1.51. The van der Waals surface area contributed by atoms with Crippen molar-refractivity contribution in [3.05, 3.63) is 84.2 Å². The lowest BCUT2D eigenvalue weighted by atomic mass is 10.1. The van der Waals surface area contributed by atoms with Crippen molar-refractivity contribution in [3.8, 4) is 11.1 Å². The smallest absolute Gasteiger partial charge is 0.308 e. The van der Waals surface area contributed by atoms with Crippen LogP contribution in [0.15, 0.2) is 67.4 Å². The van der Waals surface area contributed by atoms with Gasteiger partial charge >= 0.3 is 12.2 Å². The average molecular weight is 409 g/mol. The number of pyridine rings is 1. The fourth-order valence-corrected chi connectivity index (χ4v) is 3.44. The van der Waals surface area contributed by atoms with Crippen LogP contribution in [0.1, 0.15) is 16.8 Å². The van der Waals surface area contributed by atoms with Crippen LogP contribution >= 0.6 is 0 Å². The molecule has 0 aliphatic carbocycles. The molecule has 0 unspecified atom stereocenters. The molecule has 2 aromatic carbocycles. The molecule has 0 spiro atoms. The molecule has 30 heavy (non-hydrogen) atoms. The Morgan fingerprint density at radius 2 is 1.83 bits per heavy atom. The molecular formula is C23H18F3N3O. The van der Waals surface area contributed by atoms with E-state index in [1.807, 2.05) is 24.3 Å².